The van der Waals surface area contributed by atoms with E-state index >= 15 is 0 Å². The van der Waals surface area contributed by atoms with Gasteiger partial charge in [0, 0.05) is 12.3 Å². The van der Waals surface area contributed by atoms with E-state index in [0.29, 0.717) is 40.5 Å². The number of fused-ring (bicyclic) bond motifs is 2. The van der Waals surface area contributed by atoms with Crippen LogP contribution >= 0.6 is 0 Å². The molecular weight excluding hydrogens is 422 g/mol. The minimum atomic E-state index is -0.411. The first-order chi connectivity index (χ1) is 16.1. The van der Waals surface area contributed by atoms with Crippen molar-refractivity contribution in [2.75, 3.05) is 11.9 Å². The van der Waals surface area contributed by atoms with E-state index in [9.17, 15) is 14.4 Å². The van der Waals surface area contributed by atoms with Gasteiger partial charge in [0.05, 0.1) is 36.0 Å². The summed E-state index contributed by atoms with van der Waals surface area (Å²) in [7, 11) is 0. The molecule has 0 radical (unpaired) electrons. The second kappa shape index (κ2) is 8.19. The summed E-state index contributed by atoms with van der Waals surface area (Å²) in [6, 6.07) is 15.1. The zero-order chi connectivity index (χ0) is 22.9. The molecule has 0 saturated carbocycles. The third-order valence-electron chi connectivity index (χ3n) is 5.34. The molecule has 2 aromatic heterocycles. The maximum Gasteiger partial charge on any atom is 0.261 e. The number of imide groups is 1. The van der Waals surface area contributed by atoms with Gasteiger partial charge in [-0.15, -0.1) is 0 Å². The summed E-state index contributed by atoms with van der Waals surface area (Å²) in [4.78, 5) is 44.0. The fourth-order valence-electron chi connectivity index (χ4n) is 3.81. The third-order valence-corrected chi connectivity index (χ3v) is 5.34. The predicted octanol–water partition coefficient (Wildman–Crippen LogP) is 3.18. The van der Waals surface area contributed by atoms with Gasteiger partial charge in [-0.3, -0.25) is 19.3 Å². The summed E-state index contributed by atoms with van der Waals surface area (Å²) < 4.78 is 7.16. The van der Waals surface area contributed by atoms with Crippen molar-refractivity contribution in [1.82, 2.24) is 19.5 Å². The lowest BCUT2D eigenvalue weighted by atomic mass is 10.1. The number of amides is 3. The number of anilines is 1. The van der Waals surface area contributed by atoms with Crippen molar-refractivity contribution in [2.24, 2.45) is 0 Å². The number of carbonyl (C=O) groups excluding carboxylic acids is 3. The molecule has 3 amide bonds. The zero-order valence-corrected chi connectivity index (χ0v) is 17.7. The van der Waals surface area contributed by atoms with Crippen LogP contribution in [-0.2, 0) is 6.54 Å². The molecule has 9 nitrogen and oxygen atoms in total. The first-order valence-corrected chi connectivity index (χ1v) is 10.4. The number of hydrogen-bond acceptors (Lipinski definition) is 6. The molecule has 33 heavy (non-hydrogen) atoms. The van der Waals surface area contributed by atoms with Gasteiger partial charge in [-0.05, 0) is 42.8 Å². The second-order valence-corrected chi connectivity index (χ2v) is 7.39. The molecular formula is C24H19N5O4. The van der Waals surface area contributed by atoms with E-state index in [1.54, 1.807) is 67.0 Å². The first kappa shape index (κ1) is 20.4. The maximum absolute atomic E-state index is 13.2. The van der Waals surface area contributed by atoms with Crippen molar-refractivity contribution in [3.63, 3.8) is 0 Å². The molecule has 0 unspecified atom stereocenters. The molecule has 1 N–H and O–H groups in total. The largest absolute Gasteiger partial charge is 0.493 e. The molecule has 3 heterocycles. The lowest BCUT2D eigenvalue weighted by Gasteiger charge is -2.16. The van der Waals surface area contributed by atoms with Gasteiger partial charge in [0.15, 0.2) is 5.65 Å². The molecule has 0 saturated heterocycles. The third kappa shape index (κ3) is 3.59. The van der Waals surface area contributed by atoms with Gasteiger partial charge in [-0.2, -0.15) is 9.61 Å². The molecule has 0 bridgehead atoms. The highest BCUT2D eigenvalue weighted by Crippen LogP contribution is 2.27. The summed E-state index contributed by atoms with van der Waals surface area (Å²) in [5.41, 5.74) is 2.26. The van der Waals surface area contributed by atoms with Crippen molar-refractivity contribution in [2.45, 2.75) is 13.5 Å². The van der Waals surface area contributed by atoms with Gasteiger partial charge < -0.3 is 10.1 Å². The molecule has 9 heteroatoms. The molecule has 4 aromatic rings. The van der Waals surface area contributed by atoms with Crippen LogP contribution < -0.4 is 10.1 Å². The van der Waals surface area contributed by atoms with Crippen LogP contribution in [0.3, 0.4) is 0 Å². The van der Waals surface area contributed by atoms with Gasteiger partial charge in [0.2, 0.25) is 0 Å². The number of nitrogens with zero attached hydrogens (tertiary/aromatic N) is 4. The van der Waals surface area contributed by atoms with E-state index in [1.165, 1.54) is 9.42 Å². The molecule has 5 rings (SSSR count). The lowest BCUT2D eigenvalue weighted by Crippen LogP contribution is -2.29. The maximum atomic E-state index is 13.2. The molecule has 0 aliphatic carbocycles. The molecule has 1 aliphatic heterocycles. The smallest absolute Gasteiger partial charge is 0.261 e. The van der Waals surface area contributed by atoms with Gasteiger partial charge in [0.25, 0.3) is 17.7 Å². The molecule has 164 valence electrons. The minimum absolute atomic E-state index is 0.0394. The van der Waals surface area contributed by atoms with Crippen molar-refractivity contribution in [3.8, 4) is 5.75 Å². The number of ether oxygens (including phenoxy) is 1. The normalized spacial score (nSPS) is 12.8. The Balaban J connectivity index is 1.44. The van der Waals surface area contributed by atoms with Gasteiger partial charge in [0.1, 0.15) is 11.6 Å². The Morgan fingerprint density at radius 3 is 2.48 bits per heavy atom. The molecule has 0 fully saturated rings. The van der Waals surface area contributed by atoms with Crippen LogP contribution in [0, 0.1) is 0 Å². The van der Waals surface area contributed by atoms with Crippen LogP contribution in [0.25, 0.3) is 5.65 Å². The van der Waals surface area contributed by atoms with Crippen LogP contribution in [0.4, 0.5) is 5.82 Å². The Labute approximate surface area is 188 Å². The lowest BCUT2D eigenvalue weighted by molar-refractivity contribution is 0.0642. The number of benzene rings is 2. The predicted molar refractivity (Wildman–Crippen MR) is 119 cm³/mol. The van der Waals surface area contributed by atoms with Gasteiger partial charge in [-0.25, -0.2) is 4.98 Å². The van der Waals surface area contributed by atoms with E-state index in [4.69, 9.17) is 4.74 Å². The zero-order valence-electron chi connectivity index (χ0n) is 17.7. The van der Waals surface area contributed by atoms with Crippen molar-refractivity contribution in [1.29, 1.82) is 0 Å². The topological polar surface area (TPSA) is 106 Å². The van der Waals surface area contributed by atoms with E-state index in [1.807, 2.05) is 6.92 Å². The van der Waals surface area contributed by atoms with Gasteiger partial charge in [-0.1, -0.05) is 18.2 Å². The van der Waals surface area contributed by atoms with Crippen molar-refractivity contribution >= 4 is 29.2 Å². The summed E-state index contributed by atoms with van der Waals surface area (Å²) in [5, 5.41) is 7.01. The number of aromatic nitrogens is 3. The molecule has 2 aromatic carbocycles. The standard InChI is InChI=1S/C24H19N5O4/c1-2-33-19-8-7-15(14-28-23(31)16-5-3-4-6-17(16)24(28)32)13-18(19)22(30)27-21-9-11-25-20-10-12-26-29(20)21/h3-13H,2,14H2,1H3,(H,27,30). The fraction of sp³-hybridized carbons (Fsp3) is 0.125. The Morgan fingerprint density at radius 2 is 1.76 bits per heavy atom. The van der Waals surface area contributed by atoms with Crippen LogP contribution in [0.15, 0.2) is 67.0 Å². The number of hydrogen-bond donors (Lipinski definition) is 1. The van der Waals surface area contributed by atoms with E-state index in [2.05, 4.69) is 15.4 Å². The monoisotopic (exact) mass is 441 g/mol. The van der Waals surface area contributed by atoms with Gasteiger partial charge >= 0.3 is 0 Å². The average molecular weight is 441 g/mol. The summed E-state index contributed by atoms with van der Waals surface area (Å²) in [5.74, 6) is -0.276. The Hall–Kier alpha value is -4.53. The van der Waals surface area contributed by atoms with Crippen LogP contribution in [0.1, 0.15) is 43.6 Å². The molecule has 0 atom stereocenters. The summed E-state index contributed by atoms with van der Waals surface area (Å²) in [6.07, 6.45) is 3.17. The van der Waals surface area contributed by atoms with Crippen LogP contribution in [0.5, 0.6) is 5.75 Å². The quantitative estimate of drug-likeness (QED) is 0.461. The van der Waals surface area contributed by atoms with E-state index in [-0.39, 0.29) is 23.9 Å². The highest BCUT2D eigenvalue weighted by molar-refractivity contribution is 6.21. The van der Waals surface area contributed by atoms with Crippen LogP contribution in [0.2, 0.25) is 0 Å². The average Bonchev–Trinajstić information content (AvgIpc) is 3.40. The number of carbonyl (C=O) groups is 3. The minimum Gasteiger partial charge on any atom is -0.493 e. The second-order valence-electron chi connectivity index (χ2n) is 7.39. The Kier molecular flexibility index (Phi) is 5.06. The highest BCUT2D eigenvalue weighted by Gasteiger charge is 2.35. The van der Waals surface area contributed by atoms with Crippen molar-refractivity contribution < 1.29 is 19.1 Å². The van der Waals surface area contributed by atoms with Crippen molar-refractivity contribution in [3.05, 3.63) is 89.2 Å². The van der Waals surface area contributed by atoms with E-state index in [0.717, 1.165) is 0 Å². The molecule has 1 aliphatic rings. The fourth-order valence-corrected chi connectivity index (χ4v) is 3.81. The first-order valence-electron chi connectivity index (χ1n) is 10.4. The summed E-state index contributed by atoms with van der Waals surface area (Å²) in [6.45, 7) is 2.24. The summed E-state index contributed by atoms with van der Waals surface area (Å²) >= 11 is 0. The molecule has 0 spiro atoms. The van der Waals surface area contributed by atoms with E-state index < -0.39 is 5.91 Å². The Bertz CT molecular complexity index is 1380. The highest BCUT2D eigenvalue weighted by atomic mass is 16.5. The van der Waals surface area contributed by atoms with Crippen LogP contribution in [-0.4, -0.2) is 43.8 Å². The number of nitrogens with one attached hydrogen (secondary N) is 1. The Morgan fingerprint density at radius 1 is 1.00 bits per heavy atom. The SMILES string of the molecule is CCOc1ccc(CN2C(=O)c3ccccc3C2=O)cc1C(=O)Nc1ccnc2ccnn12. The number of rotatable bonds is 6.